The lowest BCUT2D eigenvalue weighted by molar-refractivity contribution is 0.174. The number of ether oxygens (including phenoxy) is 2. The van der Waals surface area contributed by atoms with Crippen LogP contribution in [0.5, 0.6) is 11.5 Å². The first kappa shape index (κ1) is 11.8. The van der Waals surface area contributed by atoms with E-state index in [-0.39, 0.29) is 6.79 Å². The second-order valence-electron chi connectivity index (χ2n) is 4.76. The zero-order valence-electron chi connectivity index (χ0n) is 10.8. The Labute approximate surface area is 124 Å². The Morgan fingerprint density at radius 1 is 1.15 bits per heavy atom. The van der Waals surface area contributed by atoms with Crippen LogP contribution in [-0.2, 0) is 0 Å². The zero-order chi connectivity index (χ0) is 13.7. The summed E-state index contributed by atoms with van der Waals surface area (Å²) in [5, 5.41) is 0. The summed E-state index contributed by atoms with van der Waals surface area (Å²) in [6.07, 6.45) is 4.03. The molecule has 4 nitrogen and oxygen atoms in total. The molecule has 4 rings (SSSR count). The molecule has 0 radical (unpaired) electrons. The van der Waals surface area contributed by atoms with Gasteiger partial charge in [-0.15, -0.1) is 0 Å². The number of fused-ring (bicyclic) bond motifs is 2. The molecule has 1 aliphatic heterocycles. The molecular weight excluding hydrogens is 320 g/mol. The number of benzene rings is 1. The molecule has 0 fully saturated rings. The first-order chi connectivity index (χ1) is 9.70. The first-order valence-corrected chi connectivity index (χ1v) is 7.05. The molecular formula is C15H11BrN2O2. The van der Waals surface area contributed by atoms with E-state index in [1.807, 2.05) is 35.0 Å². The van der Waals surface area contributed by atoms with Crippen molar-refractivity contribution in [2.24, 2.45) is 0 Å². The fraction of sp³-hybridized carbons (Fsp3) is 0.133. The molecule has 3 heterocycles. The van der Waals surface area contributed by atoms with Crippen LogP contribution in [0.1, 0.15) is 5.56 Å². The Kier molecular flexibility index (Phi) is 2.50. The maximum atomic E-state index is 5.41. The van der Waals surface area contributed by atoms with Gasteiger partial charge < -0.3 is 13.9 Å². The van der Waals surface area contributed by atoms with Gasteiger partial charge in [-0.1, -0.05) is 0 Å². The van der Waals surface area contributed by atoms with Crippen LogP contribution in [0.4, 0.5) is 0 Å². The minimum absolute atomic E-state index is 0.288. The van der Waals surface area contributed by atoms with E-state index < -0.39 is 0 Å². The van der Waals surface area contributed by atoms with Gasteiger partial charge in [-0.2, -0.15) is 0 Å². The van der Waals surface area contributed by atoms with Crippen LogP contribution in [0.15, 0.2) is 41.1 Å². The van der Waals surface area contributed by atoms with Crippen molar-refractivity contribution in [1.29, 1.82) is 0 Å². The second-order valence-corrected chi connectivity index (χ2v) is 5.62. The van der Waals surface area contributed by atoms with Gasteiger partial charge in [0.25, 0.3) is 0 Å². The Morgan fingerprint density at radius 2 is 2.00 bits per heavy atom. The molecule has 0 bridgehead atoms. The van der Waals surface area contributed by atoms with E-state index in [0.29, 0.717) is 0 Å². The van der Waals surface area contributed by atoms with Gasteiger partial charge in [-0.05, 0) is 52.7 Å². The van der Waals surface area contributed by atoms with Gasteiger partial charge in [0.1, 0.15) is 5.65 Å². The van der Waals surface area contributed by atoms with E-state index in [4.69, 9.17) is 9.47 Å². The fourth-order valence-electron chi connectivity index (χ4n) is 2.30. The van der Waals surface area contributed by atoms with Crippen LogP contribution >= 0.6 is 15.9 Å². The van der Waals surface area contributed by atoms with Crippen molar-refractivity contribution in [2.75, 3.05) is 6.79 Å². The van der Waals surface area contributed by atoms with Crippen molar-refractivity contribution in [3.63, 3.8) is 0 Å². The number of halogens is 1. The van der Waals surface area contributed by atoms with Gasteiger partial charge >= 0.3 is 0 Å². The molecule has 1 aliphatic rings. The van der Waals surface area contributed by atoms with Gasteiger partial charge in [0, 0.05) is 22.4 Å². The van der Waals surface area contributed by atoms with Crippen LogP contribution in [0.3, 0.4) is 0 Å². The smallest absolute Gasteiger partial charge is 0.231 e. The Bertz CT molecular complexity index is 787. The van der Waals surface area contributed by atoms with E-state index in [0.717, 1.165) is 32.9 Å². The Morgan fingerprint density at radius 3 is 2.90 bits per heavy atom. The van der Waals surface area contributed by atoms with E-state index in [1.54, 1.807) is 0 Å². The third-order valence-corrected chi connectivity index (χ3v) is 4.23. The highest BCUT2D eigenvalue weighted by molar-refractivity contribution is 9.10. The minimum Gasteiger partial charge on any atom is -0.454 e. The van der Waals surface area contributed by atoms with Crippen LogP contribution in [-0.4, -0.2) is 16.2 Å². The molecule has 5 heteroatoms. The molecule has 0 amide bonds. The monoisotopic (exact) mass is 330 g/mol. The van der Waals surface area contributed by atoms with Crippen molar-refractivity contribution in [3.8, 4) is 22.8 Å². The van der Waals surface area contributed by atoms with E-state index in [1.165, 1.54) is 5.56 Å². The highest BCUT2D eigenvalue weighted by atomic mass is 79.9. The van der Waals surface area contributed by atoms with Crippen LogP contribution < -0.4 is 9.47 Å². The van der Waals surface area contributed by atoms with E-state index >= 15 is 0 Å². The zero-order valence-corrected chi connectivity index (χ0v) is 12.3. The van der Waals surface area contributed by atoms with Crippen molar-refractivity contribution >= 4 is 21.6 Å². The minimum atomic E-state index is 0.288. The molecule has 20 heavy (non-hydrogen) atoms. The van der Waals surface area contributed by atoms with Crippen molar-refractivity contribution in [1.82, 2.24) is 9.38 Å². The maximum absolute atomic E-state index is 5.41. The van der Waals surface area contributed by atoms with Crippen LogP contribution in [0.2, 0.25) is 0 Å². The predicted octanol–water partition coefficient (Wildman–Crippen LogP) is 3.80. The summed E-state index contributed by atoms with van der Waals surface area (Å²) in [6.45, 7) is 2.34. The number of aryl methyl sites for hydroxylation is 1. The SMILES string of the molecule is Cc1cc2nc(-c3ccc4c(c3)OCO4)cn2cc1Br. The highest BCUT2D eigenvalue weighted by Crippen LogP contribution is 2.35. The molecule has 2 aromatic heterocycles. The number of hydrogen-bond donors (Lipinski definition) is 0. The normalized spacial score (nSPS) is 13.1. The largest absolute Gasteiger partial charge is 0.454 e. The lowest BCUT2D eigenvalue weighted by Crippen LogP contribution is -1.92. The van der Waals surface area contributed by atoms with Crippen molar-refractivity contribution < 1.29 is 9.47 Å². The lowest BCUT2D eigenvalue weighted by atomic mass is 10.1. The summed E-state index contributed by atoms with van der Waals surface area (Å²) in [4.78, 5) is 4.66. The number of rotatable bonds is 1. The van der Waals surface area contributed by atoms with Gasteiger partial charge in [-0.25, -0.2) is 4.98 Å². The molecule has 3 aromatic rings. The van der Waals surface area contributed by atoms with Gasteiger partial charge in [0.05, 0.1) is 5.69 Å². The number of aromatic nitrogens is 2. The number of nitrogens with zero attached hydrogens (tertiary/aromatic N) is 2. The standard InChI is InChI=1S/C15H11BrN2O2/c1-9-4-15-17-12(7-18(15)6-11(9)16)10-2-3-13-14(5-10)20-8-19-13/h2-7H,8H2,1H3. The Balaban J connectivity index is 1.86. The second kappa shape index (κ2) is 4.24. The number of pyridine rings is 1. The average Bonchev–Trinajstić information content (AvgIpc) is 3.04. The molecule has 0 saturated heterocycles. The average molecular weight is 331 g/mol. The summed E-state index contributed by atoms with van der Waals surface area (Å²) >= 11 is 3.54. The quantitative estimate of drug-likeness (QED) is 0.680. The predicted molar refractivity (Wildman–Crippen MR) is 79.2 cm³/mol. The van der Waals surface area contributed by atoms with Gasteiger partial charge in [-0.3, -0.25) is 0 Å². The summed E-state index contributed by atoms with van der Waals surface area (Å²) in [5.41, 5.74) is 4.03. The molecule has 0 N–H and O–H groups in total. The third-order valence-electron chi connectivity index (χ3n) is 3.40. The topological polar surface area (TPSA) is 35.8 Å². The first-order valence-electron chi connectivity index (χ1n) is 6.25. The molecule has 1 aromatic carbocycles. The molecule has 100 valence electrons. The maximum Gasteiger partial charge on any atom is 0.231 e. The fourth-order valence-corrected chi connectivity index (χ4v) is 2.63. The molecule has 0 saturated carbocycles. The molecule has 0 spiro atoms. The molecule has 0 unspecified atom stereocenters. The number of hydrogen-bond acceptors (Lipinski definition) is 3. The summed E-state index contributed by atoms with van der Waals surface area (Å²) in [5.74, 6) is 1.56. The number of imidazole rings is 1. The van der Waals surface area contributed by atoms with E-state index in [2.05, 4.69) is 33.9 Å². The van der Waals surface area contributed by atoms with E-state index in [9.17, 15) is 0 Å². The lowest BCUT2D eigenvalue weighted by Gasteiger charge is -1.98. The van der Waals surface area contributed by atoms with Crippen molar-refractivity contribution in [3.05, 3.63) is 46.7 Å². The molecule has 0 aliphatic carbocycles. The highest BCUT2D eigenvalue weighted by Gasteiger charge is 2.15. The molecule has 0 atom stereocenters. The van der Waals surface area contributed by atoms with Crippen molar-refractivity contribution in [2.45, 2.75) is 6.92 Å². The third kappa shape index (κ3) is 1.78. The van der Waals surface area contributed by atoms with Gasteiger partial charge in [0.2, 0.25) is 6.79 Å². The summed E-state index contributed by atoms with van der Waals surface area (Å²) in [6, 6.07) is 7.94. The Hall–Kier alpha value is -2.01. The van der Waals surface area contributed by atoms with Gasteiger partial charge in [0.15, 0.2) is 11.5 Å². The van der Waals surface area contributed by atoms with Crippen LogP contribution in [0, 0.1) is 6.92 Å². The van der Waals surface area contributed by atoms with Crippen LogP contribution in [0.25, 0.3) is 16.9 Å². The summed E-state index contributed by atoms with van der Waals surface area (Å²) < 4.78 is 13.8. The summed E-state index contributed by atoms with van der Waals surface area (Å²) in [7, 11) is 0.